The third kappa shape index (κ3) is 3.22. The van der Waals surface area contributed by atoms with Gasteiger partial charge in [0.05, 0.1) is 23.0 Å². The van der Waals surface area contributed by atoms with E-state index in [2.05, 4.69) is 5.32 Å². The molecule has 2 aliphatic carbocycles. The van der Waals surface area contributed by atoms with Crippen LogP contribution in [0, 0.1) is 0 Å². The highest BCUT2D eigenvalue weighted by Crippen LogP contribution is 2.41. The summed E-state index contributed by atoms with van der Waals surface area (Å²) in [4.78, 5) is 38.2. The molecule has 30 heavy (non-hydrogen) atoms. The maximum absolute atomic E-state index is 13.6. The predicted octanol–water partition coefficient (Wildman–Crippen LogP) is 1.69. The SMILES string of the molecule is CO[C@@H]1c2c(COC(N)=O)c3c(n2C[C@@H]1N)C(=O)C(C)=C(NC1CCCCC1)C3=O. The summed E-state index contributed by atoms with van der Waals surface area (Å²) in [6, 6.07) is -0.210. The van der Waals surface area contributed by atoms with Gasteiger partial charge in [-0.05, 0) is 19.8 Å². The Hall–Kier alpha value is -2.65. The summed E-state index contributed by atoms with van der Waals surface area (Å²) >= 11 is 0. The number of ether oxygens (including phenoxy) is 2. The Bertz CT molecular complexity index is 942. The number of aromatic nitrogens is 1. The first-order valence-electron chi connectivity index (χ1n) is 10.4. The molecule has 2 atom stereocenters. The number of hydrogen-bond donors (Lipinski definition) is 3. The van der Waals surface area contributed by atoms with E-state index in [9.17, 15) is 14.4 Å². The lowest BCUT2D eigenvalue weighted by Gasteiger charge is -2.28. The van der Waals surface area contributed by atoms with Crippen molar-refractivity contribution in [2.45, 2.75) is 70.4 Å². The Labute approximate surface area is 174 Å². The average Bonchev–Trinajstić information content (AvgIpc) is 3.21. The van der Waals surface area contributed by atoms with Crippen molar-refractivity contribution in [3.8, 4) is 0 Å². The molecule has 1 aromatic heterocycles. The molecular formula is C21H28N4O5. The summed E-state index contributed by atoms with van der Waals surface area (Å²) in [5.74, 6) is -0.487. The summed E-state index contributed by atoms with van der Waals surface area (Å²) < 4.78 is 12.3. The number of Topliss-reactive ketones (excluding diaryl/α,β-unsaturated/α-hetero) is 2. The minimum Gasteiger partial charge on any atom is -0.445 e. The summed E-state index contributed by atoms with van der Waals surface area (Å²) in [6.45, 7) is 1.79. The van der Waals surface area contributed by atoms with Crippen LogP contribution in [0.15, 0.2) is 11.3 Å². The van der Waals surface area contributed by atoms with Crippen molar-refractivity contribution in [3.05, 3.63) is 33.8 Å². The van der Waals surface area contributed by atoms with Gasteiger partial charge in [0, 0.05) is 30.8 Å². The Morgan fingerprint density at radius 3 is 2.53 bits per heavy atom. The lowest BCUT2D eigenvalue weighted by Crippen LogP contribution is -2.38. The molecule has 1 aromatic rings. The van der Waals surface area contributed by atoms with E-state index < -0.39 is 12.2 Å². The van der Waals surface area contributed by atoms with Crippen LogP contribution in [0.1, 0.15) is 77.2 Å². The van der Waals surface area contributed by atoms with Gasteiger partial charge in [0.25, 0.3) is 0 Å². The Balaban J connectivity index is 1.80. The van der Waals surface area contributed by atoms with Crippen LogP contribution in [0.25, 0.3) is 0 Å². The number of rotatable bonds is 5. The molecule has 0 radical (unpaired) electrons. The monoisotopic (exact) mass is 416 g/mol. The fourth-order valence-corrected chi connectivity index (χ4v) is 4.98. The number of amides is 1. The molecule has 1 saturated carbocycles. The molecule has 9 heteroatoms. The first kappa shape index (κ1) is 20.6. The van der Waals surface area contributed by atoms with E-state index in [4.69, 9.17) is 20.9 Å². The van der Waals surface area contributed by atoms with Gasteiger partial charge in [0.1, 0.15) is 18.4 Å². The van der Waals surface area contributed by atoms with Crippen LogP contribution in [0.4, 0.5) is 4.79 Å². The van der Waals surface area contributed by atoms with Crippen molar-refractivity contribution < 1.29 is 23.9 Å². The van der Waals surface area contributed by atoms with Crippen molar-refractivity contribution in [2.75, 3.05) is 7.11 Å². The Morgan fingerprint density at radius 1 is 1.20 bits per heavy atom. The summed E-state index contributed by atoms with van der Waals surface area (Å²) in [7, 11) is 1.52. The van der Waals surface area contributed by atoms with E-state index >= 15 is 0 Å². The third-order valence-electron chi connectivity index (χ3n) is 6.41. The zero-order valence-electron chi connectivity index (χ0n) is 17.3. The first-order valence-corrected chi connectivity index (χ1v) is 10.4. The van der Waals surface area contributed by atoms with Gasteiger partial charge < -0.3 is 30.8 Å². The summed E-state index contributed by atoms with van der Waals surface area (Å²) in [6.07, 6.45) is 3.85. The smallest absolute Gasteiger partial charge is 0.404 e. The van der Waals surface area contributed by atoms with Gasteiger partial charge in [0.15, 0.2) is 0 Å². The number of nitrogens with zero attached hydrogens (tertiary/aromatic N) is 1. The minimum atomic E-state index is -0.957. The number of methoxy groups -OCH3 is 1. The third-order valence-corrected chi connectivity index (χ3v) is 6.41. The minimum absolute atomic E-state index is 0.168. The van der Waals surface area contributed by atoms with Crippen LogP contribution in [-0.4, -0.2) is 41.4 Å². The molecule has 0 spiro atoms. The van der Waals surface area contributed by atoms with Crippen LogP contribution in [0.3, 0.4) is 0 Å². The number of nitrogens with two attached hydrogens (primary N) is 2. The van der Waals surface area contributed by atoms with Crippen LogP contribution >= 0.6 is 0 Å². The zero-order chi connectivity index (χ0) is 21.6. The number of ketones is 2. The maximum atomic E-state index is 13.6. The molecule has 9 nitrogen and oxygen atoms in total. The molecule has 1 fully saturated rings. The average molecular weight is 416 g/mol. The Kier molecular flexibility index (Phi) is 5.42. The van der Waals surface area contributed by atoms with Gasteiger partial charge in [-0.3, -0.25) is 9.59 Å². The summed E-state index contributed by atoms with van der Waals surface area (Å²) in [5, 5.41) is 3.33. The fourth-order valence-electron chi connectivity index (χ4n) is 4.98. The topological polar surface area (TPSA) is 139 Å². The molecule has 4 rings (SSSR count). The number of fused-ring (bicyclic) bond motifs is 3. The molecule has 0 bridgehead atoms. The number of allylic oxidation sites excluding steroid dienone is 2. The van der Waals surface area contributed by atoms with Gasteiger partial charge >= 0.3 is 6.09 Å². The zero-order valence-corrected chi connectivity index (χ0v) is 17.3. The highest BCUT2D eigenvalue weighted by molar-refractivity contribution is 6.26. The molecule has 162 valence electrons. The Morgan fingerprint density at radius 2 is 1.90 bits per heavy atom. The molecule has 2 heterocycles. The molecule has 1 aliphatic heterocycles. The van der Waals surface area contributed by atoms with E-state index in [1.54, 1.807) is 11.5 Å². The van der Waals surface area contributed by atoms with Crippen molar-refractivity contribution in [3.63, 3.8) is 0 Å². The van der Waals surface area contributed by atoms with Crippen molar-refractivity contribution in [1.82, 2.24) is 9.88 Å². The molecular weight excluding hydrogens is 388 g/mol. The highest BCUT2D eigenvalue weighted by atomic mass is 16.5. The molecule has 0 aromatic carbocycles. The molecule has 1 amide bonds. The summed E-state index contributed by atoms with van der Waals surface area (Å²) in [5.41, 5.74) is 13.7. The first-order chi connectivity index (χ1) is 14.3. The molecule has 0 unspecified atom stereocenters. The van der Waals surface area contributed by atoms with Crippen molar-refractivity contribution >= 4 is 17.7 Å². The number of nitrogens with one attached hydrogen (secondary N) is 1. The second kappa shape index (κ2) is 7.88. The van der Waals surface area contributed by atoms with Crippen molar-refractivity contribution in [2.24, 2.45) is 11.5 Å². The lowest BCUT2D eigenvalue weighted by molar-refractivity contribution is 0.0871. The highest BCUT2D eigenvalue weighted by Gasteiger charge is 2.44. The van der Waals surface area contributed by atoms with E-state index in [-0.39, 0.29) is 35.8 Å². The van der Waals surface area contributed by atoms with Crippen LogP contribution in [0.2, 0.25) is 0 Å². The quantitative estimate of drug-likeness (QED) is 0.664. The van der Waals surface area contributed by atoms with E-state index in [0.29, 0.717) is 34.8 Å². The van der Waals surface area contributed by atoms with Gasteiger partial charge in [-0.1, -0.05) is 19.3 Å². The normalized spacial score (nSPS) is 24.1. The van der Waals surface area contributed by atoms with Gasteiger partial charge in [-0.2, -0.15) is 0 Å². The van der Waals surface area contributed by atoms with E-state index in [1.807, 2.05) is 0 Å². The van der Waals surface area contributed by atoms with Gasteiger partial charge in [-0.25, -0.2) is 4.79 Å². The predicted molar refractivity (Wildman–Crippen MR) is 108 cm³/mol. The van der Waals surface area contributed by atoms with E-state index in [1.165, 1.54) is 13.5 Å². The number of carbonyl (C=O) groups is 3. The van der Waals surface area contributed by atoms with Crippen LogP contribution < -0.4 is 16.8 Å². The fraction of sp³-hybridized carbons (Fsp3) is 0.571. The van der Waals surface area contributed by atoms with Gasteiger partial charge in [0.2, 0.25) is 11.6 Å². The number of hydrogen-bond acceptors (Lipinski definition) is 7. The lowest BCUT2D eigenvalue weighted by atomic mass is 9.88. The second-order valence-electron chi connectivity index (χ2n) is 8.26. The van der Waals surface area contributed by atoms with Gasteiger partial charge in [-0.15, -0.1) is 0 Å². The number of carbonyl (C=O) groups excluding carboxylic acids is 3. The largest absolute Gasteiger partial charge is 0.445 e. The van der Waals surface area contributed by atoms with Crippen LogP contribution in [0.5, 0.6) is 0 Å². The molecule has 5 N–H and O–H groups in total. The molecule has 3 aliphatic rings. The molecule has 0 saturated heterocycles. The van der Waals surface area contributed by atoms with E-state index in [0.717, 1.165) is 25.7 Å². The number of primary amides is 1. The van der Waals surface area contributed by atoms with Crippen molar-refractivity contribution in [1.29, 1.82) is 0 Å². The second-order valence-corrected chi connectivity index (χ2v) is 8.26. The standard InChI is InChI=1S/C21H28N4O5/c1-10-15(24-11-6-4-3-5-7-11)19(27)14-12(9-30-21(23)28)16-20(29-2)13(22)8-25(16)17(14)18(10)26/h11,13,20,24H,3-9,22H2,1-2H3,(H2,23,28)/t13-,20-/m0/s1. The van der Waals surface area contributed by atoms with Crippen LogP contribution in [-0.2, 0) is 22.6 Å². The maximum Gasteiger partial charge on any atom is 0.404 e.